The van der Waals surface area contributed by atoms with Crippen LogP contribution < -0.4 is 0 Å². The highest BCUT2D eigenvalue weighted by Gasteiger charge is 2.47. The zero-order valence-corrected chi connectivity index (χ0v) is 10.8. The van der Waals surface area contributed by atoms with Crippen LogP contribution in [0.15, 0.2) is 29.2 Å². The third-order valence-electron chi connectivity index (χ3n) is 2.88. The van der Waals surface area contributed by atoms with E-state index in [1.54, 1.807) is 11.8 Å². The molecule has 0 spiro atoms. The zero-order valence-electron chi connectivity index (χ0n) is 9.97. The normalized spacial score (nSPS) is 17.8. The average Bonchev–Trinajstić information content (AvgIpc) is 2.17. The summed E-state index contributed by atoms with van der Waals surface area (Å²) in [6.07, 6.45) is 0. The Morgan fingerprint density at radius 1 is 1.35 bits per heavy atom. The van der Waals surface area contributed by atoms with Gasteiger partial charge in [-0.2, -0.15) is 0 Å². The number of rotatable bonds is 4. The summed E-state index contributed by atoms with van der Waals surface area (Å²) >= 11 is 1.77. The molecule has 0 aromatic heterocycles. The molecule has 1 aliphatic heterocycles. The first-order chi connectivity index (χ1) is 8.04. The van der Waals surface area contributed by atoms with E-state index in [0.29, 0.717) is 5.25 Å². The molecule has 3 nitrogen and oxygen atoms in total. The minimum atomic E-state index is -0.818. The van der Waals surface area contributed by atoms with E-state index in [4.69, 9.17) is 4.74 Å². The van der Waals surface area contributed by atoms with E-state index in [0.717, 1.165) is 5.56 Å². The third-order valence-corrected chi connectivity index (χ3v) is 3.90. The highest BCUT2D eigenvalue weighted by molar-refractivity contribution is 7.99. The van der Waals surface area contributed by atoms with Gasteiger partial charge in [-0.25, -0.2) is 0 Å². The van der Waals surface area contributed by atoms with Crippen molar-refractivity contribution in [1.82, 2.24) is 0 Å². The first-order valence-electron chi connectivity index (χ1n) is 5.63. The molecular weight excluding hydrogens is 236 g/mol. The largest absolute Gasteiger partial charge is 0.480 e. The fourth-order valence-electron chi connectivity index (χ4n) is 1.84. The number of aliphatic carboxylic acids is 1. The minimum absolute atomic E-state index is 0.277. The molecule has 1 heterocycles. The van der Waals surface area contributed by atoms with Gasteiger partial charge in [0.15, 0.2) is 0 Å². The fraction of sp³-hybridized carbons (Fsp3) is 0.462. The van der Waals surface area contributed by atoms with Gasteiger partial charge in [-0.1, -0.05) is 26.0 Å². The lowest BCUT2D eigenvalue weighted by Gasteiger charge is -2.37. The van der Waals surface area contributed by atoms with E-state index in [-0.39, 0.29) is 13.2 Å². The van der Waals surface area contributed by atoms with Crippen molar-refractivity contribution < 1.29 is 14.6 Å². The average molecular weight is 252 g/mol. The van der Waals surface area contributed by atoms with Crippen LogP contribution >= 0.6 is 11.8 Å². The van der Waals surface area contributed by atoms with Gasteiger partial charge in [0.25, 0.3) is 0 Å². The SMILES string of the molecule is CC(C)Sc1ccc(C2(C(=O)O)COC2)cc1. The Kier molecular flexibility index (Phi) is 3.45. The van der Waals surface area contributed by atoms with E-state index in [1.807, 2.05) is 24.3 Å². The second-order valence-corrected chi connectivity index (χ2v) is 6.22. The molecule has 1 aromatic carbocycles. The van der Waals surface area contributed by atoms with Crippen molar-refractivity contribution in [2.75, 3.05) is 13.2 Å². The molecule has 1 N–H and O–H groups in total. The number of carboxylic acids is 1. The van der Waals surface area contributed by atoms with Crippen molar-refractivity contribution in [3.8, 4) is 0 Å². The maximum absolute atomic E-state index is 11.3. The highest BCUT2D eigenvalue weighted by atomic mass is 32.2. The van der Waals surface area contributed by atoms with Crippen LogP contribution in [0.3, 0.4) is 0 Å². The zero-order chi connectivity index (χ0) is 12.5. The summed E-state index contributed by atoms with van der Waals surface area (Å²) < 4.78 is 5.06. The Bertz CT molecular complexity index is 407. The molecule has 4 heteroatoms. The van der Waals surface area contributed by atoms with Crippen LogP contribution in [0.5, 0.6) is 0 Å². The van der Waals surface area contributed by atoms with Gasteiger partial charge in [-0.3, -0.25) is 4.79 Å². The maximum Gasteiger partial charge on any atom is 0.318 e. The molecular formula is C13H16O3S. The van der Waals surface area contributed by atoms with Gasteiger partial charge in [0, 0.05) is 10.1 Å². The second-order valence-electron chi connectivity index (χ2n) is 4.57. The summed E-state index contributed by atoms with van der Waals surface area (Å²) in [7, 11) is 0. The molecule has 1 aromatic rings. The Morgan fingerprint density at radius 2 is 1.94 bits per heavy atom. The first kappa shape index (κ1) is 12.5. The number of hydrogen-bond donors (Lipinski definition) is 1. The Labute approximate surface area is 105 Å². The van der Waals surface area contributed by atoms with Crippen molar-refractivity contribution >= 4 is 17.7 Å². The molecule has 0 aliphatic carbocycles. The van der Waals surface area contributed by atoms with Crippen LogP contribution in [0.25, 0.3) is 0 Å². The van der Waals surface area contributed by atoms with Crippen LogP contribution in [-0.4, -0.2) is 29.5 Å². The number of benzene rings is 1. The topological polar surface area (TPSA) is 46.5 Å². The van der Waals surface area contributed by atoms with E-state index < -0.39 is 11.4 Å². The van der Waals surface area contributed by atoms with Crippen molar-refractivity contribution in [2.45, 2.75) is 29.4 Å². The quantitative estimate of drug-likeness (QED) is 0.836. The van der Waals surface area contributed by atoms with E-state index >= 15 is 0 Å². The Balaban J connectivity index is 2.20. The number of carbonyl (C=O) groups is 1. The smallest absolute Gasteiger partial charge is 0.318 e. The third kappa shape index (κ3) is 2.33. The molecule has 0 radical (unpaired) electrons. The molecule has 0 atom stereocenters. The fourth-order valence-corrected chi connectivity index (χ4v) is 2.68. The number of thioether (sulfide) groups is 1. The Hall–Kier alpha value is -1.00. The van der Waals surface area contributed by atoms with Crippen molar-refractivity contribution in [2.24, 2.45) is 0 Å². The molecule has 1 fully saturated rings. The molecule has 1 aliphatic rings. The van der Waals surface area contributed by atoms with Crippen LogP contribution in [0.2, 0.25) is 0 Å². The van der Waals surface area contributed by atoms with Crippen molar-refractivity contribution in [1.29, 1.82) is 0 Å². The number of carboxylic acid groups (broad SMARTS) is 1. The first-order valence-corrected chi connectivity index (χ1v) is 6.51. The molecule has 2 rings (SSSR count). The second kappa shape index (κ2) is 4.70. The summed E-state index contributed by atoms with van der Waals surface area (Å²) in [4.78, 5) is 12.5. The van der Waals surface area contributed by atoms with E-state index in [9.17, 15) is 9.90 Å². The van der Waals surface area contributed by atoms with Crippen molar-refractivity contribution in [3.63, 3.8) is 0 Å². The summed E-state index contributed by atoms with van der Waals surface area (Å²) in [6, 6.07) is 7.79. The molecule has 0 bridgehead atoms. The molecule has 1 saturated heterocycles. The highest BCUT2D eigenvalue weighted by Crippen LogP contribution is 2.34. The molecule has 17 heavy (non-hydrogen) atoms. The van der Waals surface area contributed by atoms with Crippen LogP contribution in [0.4, 0.5) is 0 Å². The van der Waals surface area contributed by atoms with Gasteiger partial charge in [-0.15, -0.1) is 11.8 Å². The van der Waals surface area contributed by atoms with Crippen molar-refractivity contribution in [3.05, 3.63) is 29.8 Å². The lowest BCUT2D eigenvalue weighted by Crippen LogP contribution is -2.53. The van der Waals surface area contributed by atoms with Gasteiger partial charge in [0.05, 0.1) is 13.2 Å². The molecule has 0 unspecified atom stereocenters. The Morgan fingerprint density at radius 3 is 2.29 bits per heavy atom. The predicted octanol–water partition coefficient (Wildman–Crippen LogP) is 2.54. The molecule has 0 amide bonds. The van der Waals surface area contributed by atoms with Gasteiger partial charge in [-0.05, 0) is 17.7 Å². The summed E-state index contributed by atoms with van der Waals surface area (Å²) in [5, 5.41) is 9.80. The summed E-state index contributed by atoms with van der Waals surface area (Å²) in [5.74, 6) is -0.798. The van der Waals surface area contributed by atoms with E-state index in [2.05, 4.69) is 13.8 Å². The lowest BCUT2D eigenvalue weighted by atomic mass is 9.79. The molecule has 92 valence electrons. The lowest BCUT2D eigenvalue weighted by molar-refractivity contribution is -0.163. The van der Waals surface area contributed by atoms with Crippen LogP contribution in [0, 0.1) is 0 Å². The van der Waals surface area contributed by atoms with E-state index in [1.165, 1.54) is 4.90 Å². The minimum Gasteiger partial charge on any atom is -0.480 e. The standard InChI is InChI=1S/C13H16O3S/c1-9(2)17-11-5-3-10(4-6-11)13(12(14)15)7-16-8-13/h3-6,9H,7-8H2,1-2H3,(H,14,15). The molecule has 0 saturated carbocycles. The van der Waals surface area contributed by atoms with Gasteiger partial charge in [0.2, 0.25) is 0 Å². The predicted molar refractivity (Wildman–Crippen MR) is 67.6 cm³/mol. The van der Waals surface area contributed by atoms with Gasteiger partial charge < -0.3 is 9.84 Å². The van der Waals surface area contributed by atoms with Gasteiger partial charge >= 0.3 is 5.97 Å². The van der Waals surface area contributed by atoms with Crippen LogP contribution in [0.1, 0.15) is 19.4 Å². The van der Waals surface area contributed by atoms with Gasteiger partial charge in [0.1, 0.15) is 5.41 Å². The number of hydrogen-bond acceptors (Lipinski definition) is 3. The summed E-state index contributed by atoms with van der Waals surface area (Å²) in [6.45, 7) is 4.83. The summed E-state index contributed by atoms with van der Waals surface area (Å²) in [5.41, 5.74) is 0.0189. The maximum atomic E-state index is 11.3. The monoisotopic (exact) mass is 252 g/mol. The number of ether oxygens (including phenoxy) is 1. The van der Waals surface area contributed by atoms with Crippen LogP contribution in [-0.2, 0) is 14.9 Å².